The first-order chi connectivity index (χ1) is 12.1. The van der Waals surface area contributed by atoms with E-state index in [-0.39, 0.29) is 5.91 Å². The van der Waals surface area contributed by atoms with Gasteiger partial charge in [-0.1, -0.05) is 6.07 Å². The van der Waals surface area contributed by atoms with Crippen molar-refractivity contribution in [2.75, 3.05) is 13.2 Å². The molecule has 2 N–H and O–H groups in total. The average Bonchev–Trinajstić information content (AvgIpc) is 3.24. The van der Waals surface area contributed by atoms with Crippen molar-refractivity contribution in [2.24, 2.45) is 0 Å². The Bertz CT molecular complexity index is 820. The van der Waals surface area contributed by atoms with Gasteiger partial charge in [-0.15, -0.1) is 11.3 Å². The van der Waals surface area contributed by atoms with Gasteiger partial charge < -0.3 is 19.9 Å². The third-order valence-electron chi connectivity index (χ3n) is 4.42. The van der Waals surface area contributed by atoms with Crippen LogP contribution in [0.15, 0.2) is 24.3 Å². The normalized spacial score (nSPS) is 16.5. The summed E-state index contributed by atoms with van der Waals surface area (Å²) in [5, 5.41) is 12.2. The number of fused-ring (bicyclic) bond motifs is 2. The van der Waals surface area contributed by atoms with Gasteiger partial charge in [-0.25, -0.2) is 4.79 Å². The van der Waals surface area contributed by atoms with Crippen LogP contribution in [0.3, 0.4) is 0 Å². The van der Waals surface area contributed by atoms with Gasteiger partial charge in [0.05, 0.1) is 24.7 Å². The maximum absolute atomic E-state index is 12.6. The Balaban J connectivity index is 1.56. The van der Waals surface area contributed by atoms with Crippen molar-refractivity contribution < 1.29 is 24.2 Å². The number of carbonyl (C=O) groups excluding carboxylic acids is 1. The number of rotatable bonds is 4. The second-order valence-electron chi connectivity index (χ2n) is 6.07. The summed E-state index contributed by atoms with van der Waals surface area (Å²) in [4.78, 5) is 25.9. The monoisotopic (exact) mass is 359 g/mol. The van der Waals surface area contributed by atoms with Gasteiger partial charge in [-0.3, -0.25) is 4.79 Å². The zero-order chi connectivity index (χ0) is 17.4. The van der Waals surface area contributed by atoms with E-state index in [9.17, 15) is 14.7 Å². The zero-order valence-corrected chi connectivity index (χ0v) is 14.2. The summed E-state index contributed by atoms with van der Waals surface area (Å²) < 4.78 is 10.8. The minimum atomic E-state index is -1.09. The van der Waals surface area contributed by atoms with Crippen LogP contribution in [0.5, 0.6) is 5.75 Å². The van der Waals surface area contributed by atoms with Gasteiger partial charge in [-0.2, -0.15) is 0 Å². The molecule has 1 unspecified atom stereocenters. The largest absolute Gasteiger partial charge is 0.493 e. The van der Waals surface area contributed by atoms with Crippen LogP contribution in [0.25, 0.3) is 0 Å². The first-order valence-corrected chi connectivity index (χ1v) is 8.92. The molecule has 2 aliphatic heterocycles. The summed E-state index contributed by atoms with van der Waals surface area (Å²) in [6, 6.07) is 5.96. The van der Waals surface area contributed by atoms with Gasteiger partial charge in [0.1, 0.15) is 5.75 Å². The number of aliphatic carboxylic acids is 1. The standard InChI is InChI=1S/C18H17NO5S/c20-17(15-8-12-9-23-5-4-14(12)25-15)19-16(18(21)22)11-1-2-13-10(7-11)3-6-24-13/h1-2,7-8,16H,3-6,9H2,(H,19,20)(H,21,22). The van der Waals surface area contributed by atoms with Gasteiger partial charge in [0, 0.05) is 17.7 Å². The molecule has 1 aromatic carbocycles. The van der Waals surface area contributed by atoms with Crippen LogP contribution in [0, 0.1) is 0 Å². The molecule has 1 atom stereocenters. The third-order valence-corrected chi connectivity index (χ3v) is 5.66. The van der Waals surface area contributed by atoms with Gasteiger partial charge in [0.25, 0.3) is 5.91 Å². The zero-order valence-electron chi connectivity index (χ0n) is 13.4. The number of nitrogens with one attached hydrogen (secondary N) is 1. The summed E-state index contributed by atoms with van der Waals surface area (Å²) in [6.07, 6.45) is 1.54. The van der Waals surface area contributed by atoms with Crippen LogP contribution in [-0.2, 0) is 29.0 Å². The number of amides is 1. The highest BCUT2D eigenvalue weighted by molar-refractivity contribution is 7.14. The highest BCUT2D eigenvalue weighted by Crippen LogP contribution is 2.30. The fraction of sp³-hybridized carbons (Fsp3) is 0.333. The molecule has 2 aliphatic rings. The summed E-state index contributed by atoms with van der Waals surface area (Å²) in [5.41, 5.74) is 2.54. The average molecular weight is 359 g/mol. The predicted molar refractivity (Wildman–Crippen MR) is 91.2 cm³/mol. The minimum Gasteiger partial charge on any atom is -0.493 e. The van der Waals surface area contributed by atoms with E-state index in [1.807, 2.05) is 0 Å². The smallest absolute Gasteiger partial charge is 0.330 e. The number of benzene rings is 1. The minimum absolute atomic E-state index is 0.372. The van der Waals surface area contributed by atoms with Crippen LogP contribution in [-0.4, -0.2) is 30.2 Å². The number of thiophene rings is 1. The number of hydrogen-bond donors (Lipinski definition) is 2. The summed E-state index contributed by atoms with van der Waals surface area (Å²) >= 11 is 1.41. The quantitative estimate of drug-likeness (QED) is 0.875. The van der Waals surface area contributed by atoms with Crippen LogP contribution >= 0.6 is 11.3 Å². The van der Waals surface area contributed by atoms with E-state index in [0.29, 0.717) is 30.3 Å². The Hall–Kier alpha value is -2.38. The highest BCUT2D eigenvalue weighted by atomic mass is 32.1. The Kier molecular flexibility index (Phi) is 4.19. The van der Waals surface area contributed by atoms with E-state index in [4.69, 9.17) is 9.47 Å². The number of ether oxygens (including phenoxy) is 2. The Morgan fingerprint density at radius 2 is 2.04 bits per heavy atom. The summed E-state index contributed by atoms with van der Waals surface area (Å²) in [5.74, 6) is -0.675. The maximum Gasteiger partial charge on any atom is 0.330 e. The molecule has 0 aliphatic carbocycles. The molecule has 130 valence electrons. The molecule has 3 heterocycles. The molecule has 0 spiro atoms. The van der Waals surface area contributed by atoms with Crippen molar-refractivity contribution in [1.82, 2.24) is 5.32 Å². The van der Waals surface area contributed by atoms with E-state index in [1.165, 1.54) is 11.3 Å². The Morgan fingerprint density at radius 1 is 1.16 bits per heavy atom. The predicted octanol–water partition coefficient (Wildman–Crippen LogP) is 2.31. The van der Waals surface area contributed by atoms with E-state index in [0.717, 1.165) is 34.6 Å². The van der Waals surface area contributed by atoms with Crippen molar-refractivity contribution >= 4 is 23.2 Å². The molecule has 0 fully saturated rings. The lowest BCUT2D eigenvalue weighted by Gasteiger charge is -2.15. The topological polar surface area (TPSA) is 84.9 Å². The van der Waals surface area contributed by atoms with Crippen LogP contribution < -0.4 is 10.1 Å². The molecule has 0 radical (unpaired) electrons. The van der Waals surface area contributed by atoms with Crippen molar-refractivity contribution in [3.8, 4) is 5.75 Å². The van der Waals surface area contributed by atoms with Gasteiger partial charge in [0.15, 0.2) is 6.04 Å². The van der Waals surface area contributed by atoms with Gasteiger partial charge in [-0.05, 0) is 34.9 Å². The summed E-state index contributed by atoms with van der Waals surface area (Å²) in [7, 11) is 0. The van der Waals surface area contributed by atoms with Crippen molar-refractivity contribution in [2.45, 2.75) is 25.5 Å². The fourth-order valence-electron chi connectivity index (χ4n) is 3.14. The maximum atomic E-state index is 12.6. The number of carboxylic acid groups (broad SMARTS) is 1. The molecular weight excluding hydrogens is 342 g/mol. The number of hydrogen-bond acceptors (Lipinski definition) is 5. The van der Waals surface area contributed by atoms with Gasteiger partial charge in [0.2, 0.25) is 0 Å². The second-order valence-corrected chi connectivity index (χ2v) is 7.21. The second kappa shape index (κ2) is 6.50. The van der Waals surface area contributed by atoms with Crippen LogP contribution in [0.4, 0.5) is 0 Å². The number of carboxylic acids is 1. The fourth-order valence-corrected chi connectivity index (χ4v) is 4.19. The molecule has 0 bridgehead atoms. The van der Waals surface area contributed by atoms with Gasteiger partial charge >= 0.3 is 5.97 Å². The van der Waals surface area contributed by atoms with Crippen LogP contribution in [0.1, 0.15) is 37.3 Å². The third kappa shape index (κ3) is 3.12. The first kappa shape index (κ1) is 16.1. The Morgan fingerprint density at radius 3 is 2.84 bits per heavy atom. The molecular formula is C18H17NO5S. The molecule has 0 saturated heterocycles. The molecule has 1 aromatic heterocycles. The summed E-state index contributed by atoms with van der Waals surface area (Å²) in [6.45, 7) is 1.77. The molecule has 7 heteroatoms. The molecule has 4 rings (SSSR count). The van der Waals surface area contributed by atoms with E-state index in [1.54, 1.807) is 24.3 Å². The lowest BCUT2D eigenvalue weighted by Crippen LogP contribution is -2.33. The SMILES string of the molecule is O=C(NC(C(=O)O)c1ccc2c(c1)CCO2)c1cc2c(s1)CCOC2. The molecule has 25 heavy (non-hydrogen) atoms. The van der Waals surface area contributed by atoms with E-state index < -0.39 is 12.0 Å². The van der Waals surface area contributed by atoms with Crippen molar-refractivity contribution in [3.05, 3.63) is 50.7 Å². The number of carbonyl (C=O) groups is 2. The Labute approximate surface area is 148 Å². The molecule has 1 amide bonds. The van der Waals surface area contributed by atoms with Crippen molar-refractivity contribution in [3.63, 3.8) is 0 Å². The van der Waals surface area contributed by atoms with E-state index >= 15 is 0 Å². The molecule has 2 aromatic rings. The van der Waals surface area contributed by atoms with E-state index in [2.05, 4.69) is 5.32 Å². The molecule has 6 nitrogen and oxygen atoms in total. The van der Waals surface area contributed by atoms with Crippen molar-refractivity contribution in [1.29, 1.82) is 0 Å². The lowest BCUT2D eigenvalue weighted by molar-refractivity contribution is -0.139. The lowest BCUT2D eigenvalue weighted by atomic mass is 10.0. The highest BCUT2D eigenvalue weighted by Gasteiger charge is 2.26. The molecule has 0 saturated carbocycles. The van der Waals surface area contributed by atoms with Crippen LogP contribution in [0.2, 0.25) is 0 Å². The first-order valence-electron chi connectivity index (χ1n) is 8.10.